The molecule has 0 aliphatic carbocycles. The Morgan fingerprint density at radius 2 is 0.745 bits per heavy atom. The molecule has 0 aromatic heterocycles. The van der Waals surface area contributed by atoms with Gasteiger partial charge in [-0.1, -0.05) is 161 Å². The predicted molar refractivity (Wildman–Crippen MR) is 245 cm³/mol. The second kappa shape index (κ2) is 25.4. The van der Waals surface area contributed by atoms with Crippen molar-refractivity contribution in [2.45, 2.75) is 33.4 Å². The Bertz CT molecular complexity index is 1760. The zero-order valence-corrected chi connectivity index (χ0v) is 33.9. The summed E-state index contributed by atoms with van der Waals surface area (Å²) in [5.74, 6) is 0. The maximum absolute atomic E-state index is 7.44. The van der Waals surface area contributed by atoms with Crippen LogP contribution in [0, 0.1) is 6.04 Å². The van der Waals surface area contributed by atoms with Crippen molar-refractivity contribution >= 4 is 61.9 Å². The van der Waals surface area contributed by atoms with E-state index >= 15 is 0 Å². The van der Waals surface area contributed by atoms with E-state index in [4.69, 9.17) is 20.4 Å². The molecule has 0 saturated carbocycles. The molecule has 0 radical (unpaired) electrons. The third kappa shape index (κ3) is 13.5. The van der Waals surface area contributed by atoms with Crippen LogP contribution in [0.25, 0.3) is 5.41 Å². The van der Waals surface area contributed by atoms with Crippen molar-refractivity contribution in [1.82, 2.24) is 0 Å². The topological polar surface area (TPSA) is 59.4 Å². The van der Waals surface area contributed by atoms with E-state index in [-0.39, 0.29) is 36.6 Å². The van der Waals surface area contributed by atoms with Gasteiger partial charge in [0, 0.05) is 24.5 Å². The average molecular weight is 803 g/mol. The van der Waals surface area contributed by atoms with E-state index in [1.807, 2.05) is 13.1 Å². The van der Waals surface area contributed by atoms with Crippen LogP contribution in [-0.2, 0) is 17.1 Å². The van der Waals surface area contributed by atoms with Crippen LogP contribution in [0.15, 0.2) is 197 Å². The average Bonchev–Trinajstić information content (AvgIpc) is 3.23. The fraction of sp³-hybridized carbons (Fsp3) is 0.146. The van der Waals surface area contributed by atoms with Crippen LogP contribution in [0.1, 0.15) is 44.5 Å². The van der Waals surface area contributed by atoms with Crippen LogP contribution < -0.4 is 21.2 Å². The van der Waals surface area contributed by atoms with Gasteiger partial charge in [0.05, 0.1) is 37.1 Å². The SMILES string of the molecule is C.CC=N[C-](C(N=CC[PH+](c1ccccc1)c1ccccc1)c1ccccc1)C(N=CC[PH+](c1ccccc1)c1ccccc1)c1ccccc1.CC=[N-].[Fe+2]. The summed E-state index contributed by atoms with van der Waals surface area (Å²) < 4.78 is 0. The van der Waals surface area contributed by atoms with E-state index in [1.165, 1.54) is 21.2 Å². The molecule has 7 heteroatoms. The van der Waals surface area contributed by atoms with Gasteiger partial charge in [-0.05, 0) is 59.7 Å². The van der Waals surface area contributed by atoms with E-state index in [1.54, 1.807) is 6.92 Å². The molecular weight excluding hydrogens is 750 g/mol. The minimum atomic E-state index is -1.08. The summed E-state index contributed by atoms with van der Waals surface area (Å²) in [5, 5.41) is 13.0. The summed E-state index contributed by atoms with van der Waals surface area (Å²) in [6, 6.07) is 64.9. The zero-order valence-electron chi connectivity index (χ0n) is 30.8. The van der Waals surface area contributed by atoms with Gasteiger partial charge in [-0.3, -0.25) is 9.98 Å². The maximum Gasteiger partial charge on any atom is 2.00 e. The molecule has 0 heterocycles. The monoisotopic (exact) mass is 802 g/mol. The second-order valence-electron chi connectivity index (χ2n) is 12.2. The Labute approximate surface area is 342 Å². The van der Waals surface area contributed by atoms with E-state index in [0.29, 0.717) is 0 Å². The Balaban J connectivity index is 0.00000157. The van der Waals surface area contributed by atoms with Gasteiger partial charge in [-0.15, -0.1) is 0 Å². The Morgan fingerprint density at radius 3 is 1.00 bits per heavy atom. The van der Waals surface area contributed by atoms with Gasteiger partial charge >= 0.3 is 17.1 Å². The number of aliphatic imine (C=N–C) groups is 3. The third-order valence-corrected chi connectivity index (χ3v) is 14.0. The zero-order chi connectivity index (χ0) is 36.9. The molecular formula is C48H52FeN4P2+2. The van der Waals surface area contributed by atoms with Gasteiger partial charge < -0.3 is 10.4 Å². The Hall–Kier alpha value is -4.75. The van der Waals surface area contributed by atoms with Gasteiger partial charge in [-0.2, -0.15) is 6.21 Å². The normalized spacial score (nSPS) is 12.1. The van der Waals surface area contributed by atoms with Gasteiger partial charge in [0.25, 0.3) is 0 Å². The first kappa shape index (κ1) is 44.6. The number of benzene rings is 6. The number of hydrogen-bond acceptors (Lipinski definition) is 3. The molecule has 0 bridgehead atoms. The van der Waals surface area contributed by atoms with Crippen LogP contribution in [0.4, 0.5) is 0 Å². The third-order valence-electron chi connectivity index (χ3n) is 8.66. The van der Waals surface area contributed by atoms with Crippen molar-refractivity contribution in [3.05, 3.63) is 205 Å². The summed E-state index contributed by atoms with van der Waals surface area (Å²) in [5.41, 5.74) is 2.21. The first-order chi connectivity index (χ1) is 26.2. The molecule has 0 aliphatic rings. The van der Waals surface area contributed by atoms with E-state index in [2.05, 4.69) is 194 Å². The van der Waals surface area contributed by atoms with Crippen LogP contribution in [-0.4, -0.2) is 37.2 Å². The van der Waals surface area contributed by atoms with Gasteiger partial charge in [0.1, 0.15) is 12.3 Å². The van der Waals surface area contributed by atoms with E-state index < -0.39 is 15.8 Å². The number of rotatable bonds is 15. The van der Waals surface area contributed by atoms with Gasteiger partial charge in [-0.25, -0.2) is 6.21 Å². The van der Waals surface area contributed by atoms with Gasteiger partial charge in [0.15, 0.2) is 0 Å². The summed E-state index contributed by atoms with van der Waals surface area (Å²) in [7, 11) is -2.17. The first-order valence-corrected chi connectivity index (χ1v) is 21.5. The van der Waals surface area contributed by atoms with Crippen LogP contribution in [0.2, 0.25) is 0 Å². The molecule has 0 aliphatic heterocycles. The molecule has 2 atom stereocenters. The largest absolute Gasteiger partial charge is 2.00 e. The molecule has 0 fully saturated rings. The second-order valence-corrected chi connectivity index (χ2v) is 17.2. The van der Waals surface area contributed by atoms with Crippen molar-refractivity contribution in [1.29, 1.82) is 0 Å². The Kier molecular flexibility index (Phi) is 20.6. The first-order valence-electron chi connectivity index (χ1n) is 18.1. The smallest absolute Gasteiger partial charge is 0.814 e. The summed E-state index contributed by atoms with van der Waals surface area (Å²) in [6.07, 6.45) is 8.91. The predicted octanol–water partition coefficient (Wildman–Crippen LogP) is 10.2. The van der Waals surface area contributed by atoms with Gasteiger partial charge in [0.2, 0.25) is 0 Å². The summed E-state index contributed by atoms with van der Waals surface area (Å²) >= 11 is 0. The Morgan fingerprint density at radius 1 is 0.491 bits per heavy atom. The fourth-order valence-corrected chi connectivity index (χ4v) is 10.8. The molecule has 0 spiro atoms. The van der Waals surface area contributed by atoms with Crippen LogP contribution in [0.5, 0.6) is 0 Å². The number of nitrogens with zero attached hydrogens (tertiary/aromatic N) is 4. The van der Waals surface area contributed by atoms with E-state index in [9.17, 15) is 0 Å². The standard InChI is InChI=1S/C45H42N3P2.C2H4N.CH4.Fe/c1-2-46-45(43(37-21-9-3-10-22-37)47-33-35-49(39-25-13-5-14-26-39)40-27-15-6-16-28-40)44(38-23-11-4-12-24-38)48-34-36-50(41-29-17-7-18-30-41)42-31-19-8-20-32-42;1-2-3;;/h2-34,43-44H,35-36H2,1H3;2H,1H3;1H4;/q2*-1;;+2/p+2. The number of hydrogen-bond donors (Lipinski definition) is 0. The molecule has 6 aromatic carbocycles. The van der Waals surface area contributed by atoms with Crippen molar-refractivity contribution in [2.75, 3.05) is 12.3 Å². The summed E-state index contributed by atoms with van der Waals surface area (Å²) in [4.78, 5) is 15.8. The van der Waals surface area contributed by atoms with Crippen molar-refractivity contribution in [3.63, 3.8) is 0 Å². The molecule has 6 aromatic rings. The van der Waals surface area contributed by atoms with Crippen molar-refractivity contribution < 1.29 is 17.1 Å². The molecule has 4 nitrogen and oxygen atoms in total. The van der Waals surface area contributed by atoms with Crippen LogP contribution >= 0.6 is 15.8 Å². The molecule has 0 saturated heterocycles. The minimum absolute atomic E-state index is 0. The maximum atomic E-state index is 7.44. The van der Waals surface area contributed by atoms with E-state index in [0.717, 1.165) is 35.7 Å². The fourth-order valence-electron chi connectivity index (χ4n) is 6.24. The molecule has 280 valence electrons. The molecule has 2 unspecified atom stereocenters. The summed E-state index contributed by atoms with van der Waals surface area (Å²) in [6.45, 7) is 3.54. The van der Waals surface area contributed by atoms with Crippen molar-refractivity contribution in [3.8, 4) is 0 Å². The molecule has 55 heavy (non-hydrogen) atoms. The molecule has 6 rings (SSSR count). The minimum Gasteiger partial charge on any atom is -0.814 e. The quantitative estimate of drug-likeness (QED) is 0.0430. The van der Waals surface area contributed by atoms with Crippen molar-refractivity contribution in [2.24, 2.45) is 15.0 Å². The molecule has 0 amide bonds. The molecule has 0 N–H and O–H groups in total. The van der Waals surface area contributed by atoms with Crippen LogP contribution in [0.3, 0.4) is 0 Å².